The van der Waals surface area contributed by atoms with Crippen molar-refractivity contribution in [2.75, 3.05) is 0 Å². The van der Waals surface area contributed by atoms with Gasteiger partial charge in [-0.05, 0) is 23.5 Å². The van der Waals surface area contributed by atoms with Crippen LogP contribution in [0.2, 0.25) is 0 Å². The van der Waals surface area contributed by atoms with Gasteiger partial charge in [-0.3, -0.25) is 4.79 Å². The Morgan fingerprint density at radius 2 is 2.10 bits per heavy atom. The quantitative estimate of drug-likeness (QED) is 0.759. The van der Waals surface area contributed by atoms with Crippen LogP contribution in [0.25, 0.3) is 10.9 Å². The van der Waals surface area contributed by atoms with Gasteiger partial charge in [0.25, 0.3) is 0 Å². The number of aliphatic carboxylic acids is 1. The molecule has 0 radical (unpaired) electrons. The second kappa shape index (κ2) is 6.09. The molecule has 0 spiro atoms. The van der Waals surface area contributed by atoms with Gasteiger partial charge in [-0.2, -0.15) is 0 Å². The second-order valence-corrected chi connectivity index (χ2v) is 5.45. The number of carboxylic acid groups (broad SMARTS) is 1. The number of fused-ring (bicyclic) bond motifs is 1. The molecule has 1 unspecified atom stereocenters. The number of carbonyl (C=O) groups is 1. The Morgan fingerprint density at radius 3 is 2.70 bits per heavy atom. The fourth-order valence-electron chi connectivity index (χ4n) is 2.54. The number of hydrogen-bond acceptors (Lipinski definition) is 2. The van der Waals surface area contributed by atoms with Gasteiger partial charge in [-0.15, -0.1) is 0 Å². The van der Waals surface area contributed by atoms with Crippen LogP contribution in [0, 0.1) is 5.92 Å². The predicted octanol–water partition coefficient (Wildman–Crippen LogP) is 2.93. The van der Waals surface area contributed by atoms with Crippen LogP contribution in [0.3, 0.4) is 0 Å². The Labute approximate surface area is 119 Å². The lowest BCUT2D eigenvalue weighted by atomic mass is 10.0. The summed E-state index contributed by atoms with van der Waals surface area (Å²) in [5.74, 6) is -0.738. The minimum Gasteiger partial charge on any atom is -0.480 e. The van der Waals surface area contributed by atoms with Crippen LogP contribution in [0.5, 0.6) is 0 Å². The highest BCUT2D eigenvalue weighted by Gasteiger charge is 2.20. The van der Waals surface area contributed by atoms with E-state index in [1.165, 1.54) is 10.9 Å². The molecule has 0 saturated heterocycles. The van der Waals surface area contributed by atoms with Crippen molar-refractivity contribution >= 4 is 16.9 Å². The van der Waals surface area contributed by atoms with Crippen LogP contribution in [0.4, 0.5) is 0 Å². The molecule has 0 aliphatic rings. The Bertz CT molecular complexity index is 602. The Hall–Kier alpha value is -1.81. The number of rotatable bonds is 6. The van der Waals surface area contributed by atoms with Crippen molar-refractivity contribution in [1.29, 1.82) is 0 Å². The maximum Gasteiger partial charge on any atom is 0.320 e. The minimum absolute atomic E-state index is 0.0592. The first-order chi connectivity index (χ1) is 9.54. The van der Waals surface area contributed by atoms with Crippen molar-refractivity contribution < 1.29 is 9.90 Å². The molecular formula is C16H22N2O2. The molecule has 2 aromatic rings. The van der Waals surface area contributed by atoms with E-state index in [9.17, 15) is 9.90 Å². The molecule has 1 atom stereocenters. The SMILES string of the molecule is CCc1cccc2c(CNC(C(=O)O)C(C)C)c[nH]c12. The van der Waals surface area contributed by atoms with Gasteiger partial charge in [-0.25, -0.2) is 0 Å². The number of benzene rings is 1. The van der Waals surface area contributed by atoms with Gasteiger partial charge in [0.15, 0.2) is 0 Å². The summed E-state index contributed by atoms with van der Waals surface area (Å²) in [6.45, 7) is 6.52. The van der Waals surface area contributed by atoms with Crippen LogP contribution < -0.4 is 5.32 Å². The molecule has 0 saturated carbocycles. The lowest BCUT2D eigenvalue weighted by molar-refractivity contribution is -0.140. The summed E-state index contributed by atoms with van der Waals surface area (Å²) in [5, 5.41) is 13.5. The van der Waals surface area contributed by atoms with Crippen molar-refractivity contribution in [3.8, 4) is 0 Å². The fraction of sp³-hybridized carbons (Fsp3) is 0.438. The summed E-state index contributed by atoms with van der Waals surface area (Å²) in [6.07, 6.45) is 2.95. The molecule has 0 aliphatic heterocycles. The average Bonchev–Trinajstić information content (AvgIpc) is 2.81. The molecule has 1 aromatic heterocycles. The van der Waals surface area contributed by atoms with Crippen molar-refractivity contribution in [1.82, 2.24) is 10.3 Å². The smallest absolute Gasteiger partial charge is 0.320 e. The number of aryl methyl sites for hydroxylation is 1. The van der Waals surface area contributed by atoms with Crippen LogP contribution >= 0.6 is 0 Å². The van der Waals surface area contributed by atoms with Gasteiger partial charge in [0.1, 0.15) is 6.04 Å². The zero-order valence-electron chi connectivity index (χ0n) is 12.2. The topological polar surface area (TPSA) is 65.1 Å². The summed E-state index contributed by atoms with van der Waals surface area (Å²) in [6, 6.07) is 5.72. The third-order valence-corrected chi connectivity index (χ3v) is 3.71. The molecule has 4 heteroatoms. The highest BCUT2D eigenvalue weighted by atomic mass is 16.4. The van der Waals surface area contributed by atoms with Gasteiger partial charge < -0.3 is 15.4 Å². The summed E-state index contributed by atoms with van der Waals surface area (Å²) < 4.78 is 0. The number of para-hydroxylation sites is 1. The van der Waals surface area contributed by atoms with E-state index >= 15 is 0 Å². The van der Waals surface area contributed by atoms with Crippen LogP contribution in [0.1, 0.15) is 31.9 Å². The first-order valence-electron chi connectivity index (χ1n) is 7.08. The van der Waals surface area contributed by atoms with Gasteiger partial charge in [0.2, 0.25) is 0 Å². The molecule has 20 heavy (non-hydrogen) atoms. The maximum atomic E-state index is 11.2. The van der Waals surface area contributed by atoms with Crippen LogP contribution in [-0.2, 0) is 17.8 Å². The summed E-state index contributed by atoms with van der Waals surface area (Å²) in [7, 11) is 0. The standard InChI is InChI=1S/C16H22N2O2/c1-4-11-6-5-7-13-12(9-18-15(11)13)8-17-14(10(2)3)16(19)20/h5-7,9-10,14,17-18H,4,8H2,1-3H3,(H,19,20). The molecule has 0 fully saturated rings. The van der Waals surface area contributed by atoms with Crippen LogP contribution in [0.15, 0.2) is 24.4 Å². The van der Waals surface area contributed by atoms with E-state index in [1.807, 2.05) is 20.0 Å². The van der Waals surface area contributed by atoms with Gasteiger partial charge in [-0.1, -0.05) is 39.0 Å². The maximum absolute atomic E-state index is 11.2. The third kappa shape index (κ3) is 2.85. The van der Waals surface area contributed by atoms with E-state index < -0.39 is 12.0 Å². The lowest BCUT2D eigenvalue weighted by Gasteiger charge is -2.17. The third-order valence-electron chi connectivity index (χ3n) is 3.71. The summed E-state index contributed by atoms with van der Waals surface area (Å²) >= 11 is 0. The molecule has 2 rings (SSSR count). The monoisotopic (exact) mass is 274 g/mol. The molecule has 1 heterocycles. The molecular weight excluding hydrogens is 252 g/mol. The van der Waals surface area contributed by atoms with Crippen molar-refractivity contribution in [3.63, 3.8) is 0 Å². The molecule has 0 amide bonds. The highest BCUT2D eigenvalue weighted by molar-refractivity contribution is 5.86. The van der Waals surface area contributed by atoms with Crippen LogP contribution in [-0.4, -0.2) is 22.1 Å². The molecule has 0 bridgehead atoms. The molecule has 1 aromatic carbocycles. The molecule has 4 nitrogen and oxygen atoms in total. The van der Waals surface area contributed by atoms with E-state index in [4.69, 9.17) is 0 Å². The van der Waals surface area contributed by atoms with Gasteiger partial charge in [0.05, 0.1) is 0 Å². The number of aromatic amines is 1. The second-order valence-electron chi connectivity index (χ2n) is 5.45. The van der Waals surface area contributed by atoms with E-state index in [0.717, 1.165) is 17.5 Å². The fourth-order valence-corrected chi connectivity index (χ4v) is 2.54. The van der Waals surface area contributed by atoms with E-state index in [0.29, 0.717) is 6.54 Å². The zero-order chi connectivity index (χ0) is 14.7. The summed E-state index contributed by atoms with van der Waals surface area (Å²) in [5.41, 5.74) is 3.55. The normalized spacial score (nSPS) is 13.0. The van der Waals surface area contributed by atoms with E-state index in [-0.39, 0.29) is 5.92 Å². The largest absolute Gasteiger partial charge is 0.480 e. The average molecular weight is 274 g/mol. The number of hydrogen-bond donors (Lipinski definition) is 3. The van der Waals surface area contributed by atoms with E-state index in [1.54, 1.807) is 0 Å². The number of carboxylic acids is 1. The van der Waals surface area contributed by atoms with E-state index in [2.05, 4.69) is 35.4 Å². The summed E-state index contributed by atoms with van der Waals surface area (Å²) in [4.78, 5) is 14.5. The lowest BCUT2D eigenvalue weighted by Crippen LogP contribution is -2.40. The molecule has 108 valence electrons. The molecule has 3 N–H and O–H groups in total. The highest BCUT2D eigenvalue weighted by Crippen LogP contribution is 2.22. The number of aromatic nitrogens is 1. The van der Waals surface area contributed by atoms with Crippen molar-refractivity contribution in [3.05, 3.63) is 35.5 Å². The molecule has 0 aliphatic carbocycles. The van der Waals surface area contributed by atoms with Crippen molar-refractivity contribution in [2.24, 2.45) is 5.92 Å². The minimum atomic E-state index is -0.797. The Kier molecular flexibility index (Phi) is 4.45. The van der Waals surface area contributed by atoms with Gasteiger partial charge in [0, 0.05) is 23.6 Å². The Balaban J connectivity index is 2.20. The predicted molar refractivity (Wildman–Crippen MR) is 80.8 cm³/mol. The van der Waals surface area contributed by atoms with Gasteiger partial charge >= 0.3 is 5.97 Å². The first kappa shape index (κ1) is 14.6. The number of H-pyrrole nitrogens is 1. The first-order valence-corrected chi connectivity index (χ1v) is 7.08. The zero-order valence-corrected chi connectivity index (χ0v) is 12.2. The van der Waals surface area contributed by atoms with Crippen molar-refractivity contribution in [2.45, 2.75) is 39.8 Å². The number of nitrogens with one attached hydrogen (secondary N) is 2. The Morgan fingerprint density at radius 1 is 1.35 bits per heavy atom.